The van der Waals surface area contributed by atoms with Crippen LogP contribution in [-0.2, 0) is 6.54 Å². The summed E-state index contributed by atoms with van der Waals surface area (Å²) in [4.78, 5) is 33.3. The van der Waals surface area contributed by atoms with Crippen molar-refractivity contribution in [2.24, 2.45) is 0 Å². The van der Waals surface area contributed by atoms with E-state index in [9.17, 15) is 18.4 Å². The van der Waals surface area contributed by atoms with Gasteiger partial charge in [-0.1, -0.05) is 12.1 Å². The van der Waals surface area contributed by atoms with Crippen LogP contribution in [0.1, 0.15) is 28.8 Å². The van der Waals surface area contributed by atoms with E-state index >= 15 is 0 Å². The number of nitrogens with zero attached hydrogens (tertiary/aromatic N) is 3. The molecule has 1 aromatic heterocycles. The Hall–Kier alpha value is -4.27. The SMILES string of the molecule is COc1cccc(-n2c(N3CCCC3)nc3cc(C(=O)NCc4ccc(F)cc4F)ccc3c2=O)c1. The highest BCUT2D eigenvalue weighted by molar-refractivity contribution is 5.97. The fourth-order valence-corrected chi connectivity index (χ4v) is 4.37. The molecule has 2 heterocycles. The lowest BCUT2D eigenvalue weighted by atomic mass is 10.1. The van der Waals surface area contributed by atoms with Crippen LogP contribution in [0.2, 0.25) is 0 Å². The van der Waals surface area contributed by atoms with E-state index in [0.717, 1.165) is 38.1 Å². The smallest absolute Gasteiger partial charge is 0.267 e. The number of benzene rings is 3. The maximum Gasteiger partial charge on any atom is 0.267 e. The molecule has 0 spiro atoms. The van der Waals surface area contributed by atoms with Gasteiger partial charge in [-0.15, -0.1) is 0 Å². The highest BCUT2D eigenvalue weighted by Gasteiger charge is 2.22. The molecule has 184 valence electrons. The number of anilines is 1. The molecule has 1 aliphatic heterocycles. The minimum absolute atomic E-state index is 0.104. The van der Waals surface area contributed by atoms with Crippen molar-refractivity contribution >= 4 is 22.8 Å². The summed E-state index contributed by atoms with van der Waals surface area (Å²) >= 11 is 0. The fraction of sp³-hybridized carbons (Fsp3) is 0.222. The van der Waals surface area contributed by atoms with Crippen molar-refractivity contribution in [2.45, 2.75) is 19.4 Å². The summed E-state index contributed by atoms with van der Waals surface area (Å²) in [6.45, 7) is 1.43. The number of fused-ring (bicyclic) bond motifs is 1. The first-order chi connectivity index (χ1) is 17.4. The number of carbonyl (C=O) groups excluding carboxylic acids is 1. The summed E-state index contributed by atoms with van der Waals surface area (Å²) in [5.74, 6) is -0.747. The van der Waals surface area contributed by atoms with Crippen molar-refractivity contribution in [1.82, 2.24) is 14.9 Å². The highest BCUT2D eigenvalue weighted by atomic mass is 19.1. The van der Waals surface area contributed by atoms with Gasteiger partial charge in [0.05, 0.1) is 23.7 Å². The summed E-state index contributed by atoms with van der Waals surface area (Å²) in [6.07, 6.45) is 1.99. The molecule has 36 heavy (non-hydrogen) atoms. The summed E-state index contributed by atoms with van der Waals surface area (Å²) < 4.78 is 34.0. The lowest BCUT2D eigenvalue weighted by Crippen LogP contribution is -2.30. The molecule has 7 nitrogen and oxygen atoms in total. The van der Waals surface area contributed by atoms with Gasteiger partial charge >= 0.3 is 0 Å². The topological polar surface area (TPSA) is 76.5 Å². The molecule has 0 radical (unpaired) electrons. The zero-order valence-corrected chi connectivity index (χ0v) is 19.6. The number of nitrogens with one attached hydrogen (secondary N) is 1. The number of hydrogen-bond donors (Lipinski definition) is 1. The minimum Gasteiger partial charge on any atom is -0.497 e. The molecular formula is C27H24F2N4O3. The van der Waals surface area contributed by atoms with Crippen LogP contribution in [0.25, 0.3) is 16.6 Å². The molecule has 0 saturated carbocycles. The molecule has 4 aromatic rings. The first-order valence-corrected chi connectivity index (χ1v) is 11.6. The highest BCUT2D eigenvalue weighted by Crippen LogP contribution is 2.25. The molecule has 0 atom stereocenters. The Kier molecular flexibility index (Phi) is 6.37. The second-order valence-electron chi connectivity index (χ2n) is 8.60. The molecule has 1 N–H and O–H groups in total. The number of aromatic nitrogens is 2. The van der Waals surface area contributed by atoms with E-state index in [4.69, 9.17) is 9.72 Å². The van der Waals surface area contributed by atoms with Crippen LogP contribution in [-0.4, -0.2) is 35.7 Å². The molecule has 3 aromatic carbocycles. The number of carbonyl (C=O) groups is 1. The zero-order chi connectivity index (χ0) is 25.2. The number of rotatable bonds is 6. The summed E-state index contributed by atoms with van der Waals surface area (Å²) in [5, 5.41) is 3.00. The van der Waals surface area contributed by atoms with Crippen LogP contribution in [0.3, 0.4) is 0 Å². The van der Waals surface area contributed by atoms with Gasteiger partial charge in [-0.3, -0.25) is 9.59 Å². The Morgan fingerprint density at radius 3 is 2.61 bits per heavy atom. The van der Waals surface area contributed by atoms with Gasteiger partial charge < -0.3 is 15.0 Å². The molecule has 5 rings (SSSR count). The Balaban J connectivity index is 1.53. The van der Waals surface area contributed by atoms with Crippen LogP contribution >= 0.6 is 0 Å². The molecular weight excluding hydrogens is 466 g/mol. The zero-order valence-electron chi connectivity index (χ0n) is 19.6. The third-order valence-corrected chi connectivity index (χ3v) is 6.27. The van der Waals surface area contributed by atoms with Crippen molar-refractivity contribution in [3.8, 4) is 11.4 Å². The number of ether oxygens (including phenoxy) is 1. The van der Waals surface area contributed by atoms with Crippen LogP contribution < -0.4 is 20.5 Å². The standard InChI is InChI=1S/C27H24F2N4O3/c1-36-21-6-4-5-20(15-21)33-26(35)22-10-8-17(13-24(22)31-27(33)32-11-2-3-12-32)25(34)30-16-18-7-9-19(28)14-23(18)29/h4-10,13-15H,2-3,11-12,16H2,1H3,(H,30,34). The quantitative estimate of drug-likeness (QED) is 0.438. The van der Waals surface area contributed by atoms with Crippen LogP contribution in [0.5, 0.6) is 5.75 Å². The van der Waals surface area contributed by atoms with Gasteiger partial charge in [0.25, 0.3) is 11.5 Å². The lowest BCUT2D eigenvalue weighted by Gasteiger charge is -2.22. The fourth-order valence-electron chi connectivity index (χ4n) is 4.37. The number of methoxy groups -OCH3 is 1. The van der Waals surface area contributed by atoms with E-state index < -0.39 is 17.5 Å². The molecule has 9 heteroatoms. The molecule has 1 fully saturated rings. The normalized spacial score (nSPS) is 13.2. The second-order valence-corrected chi connectivity index (χ2v) is 8.60. The minimum atomic E-state index is -0.733. The molecule has 0 bridgehead atoms. The van der Waals surface area contributed by atoms with Gasteiger partial charge in [-0.2, -0.15) is 0 Å². The van der Waals surface area contributed by atoms with E-state index in [2.05, 4.69) is 10.2 Å². The maximum atomic E-state index is 13.9. The summed E-state index contributed by atoms with van der Waals surface area (Å²) in [5.41, 5.74) is 1.22. The molecule has 1 aliphatic rings. The van der Waals surface area contributed by atoms with Gasteiger partial charge in [0, 0.05) is 42.9 Å². The Labute approximate surface area is 206 Å². The van der Waals surface area contributed by atoms with Crippen LogP contribution in [0, 0.1) is 11.6 Å². The number of halogens is 2. The second kappa shape index (κ2) is 9.77. The summed E-state index contributed by atoms with van der Waals surface area (Å²) in [6, 6.07) is 15.1. The molecule has 0 aliphatic carbocycles. The van der Waals surface area contributed by atoms with Gasteiger partial charge in [-0.25, -0.2) is 18.3 Å². The van der Waals surface area contributed by atoms with Gasteiger partial charge in [0.15, 0.2) is 0 Å². The first kappa shape index (κ1) is 23.5. The average molecular weight is 491 g/mol. The molecule has 1 saturated heterocycles. The monoisotopic (exact) mass is 490 g/mol. The van der Waals surface area contributed by atoms with Crippen molar-refractivity contribution in [1.29, 1.82) is 0 Å². The van der Waals surface area contributed by atoms with Gasteiger partial charge in [-0.05, 0) is 49.2 Å². The summed E-state index contributed by atoms with van der Waals surface area (Å²) in [7, 11) is 1.57. The van der Waals surface area contributed by atoms with Gasteiger partial charge in [0.1, 0.15) is 17.4 Å². The molecule has 0 unspecified atom stereocenters. The van der Waals surface area contributed by atoms with E-state index in [1.165, 1.54) is 12.1 Å². The molecule has 1 amide bonds. The predicted molar refractivity (Wildman–Crippen MR) is 133 cm³/mol. The third kappa shape index (κ3) is 4.51. The number of amides is 1. The Morgan fingerprint density at radius 2 is 1.86 bits per heavy atom. The van der Waals surface area contributed by atoms with Crippen molar-refractivity contribution in [3.63, 3.8) is 0 Å². The van der Waals surface area contributed by atoms with Crippen molar-refractivity contribution in [3.05, 3.63) is 93.8 Å². The average Bonchev–Trinajstić information content (AvgIpc) is 3.42. The third-order valence-electron chi connectivity index (χ3n) is 6.27. The van der Waals surface area contributed by atoms with Crippen molar-refractivity contribution < 1.29 is 18.3 Å². The van der Waals surface area contributed by atoms with Crippen molar-refractivity contribution in [2.75, 3.05) is 25.1 Å². The predicted octanol–water partition coefficient (Wildman–Crippen LogP) is 4.20. The van der Waals surface area contributed by atoms with E-state index in [1.54, 1.807) is 35.9 Å². The lowest BCUT2D eigenvalue weighted by molar-refractivity contribution is 0.0950. The van der Waals surface area contributed by atoms with E-state index in [1.807, 2.05) is 12.1 Å². The first-order valence-electron chi connectivity index (χ1n) is 11.6. The van der Waals surface area contributed by atoms with Gasteiger partial charge in [0.2, 0.25) is 5.95 Å². The maximum absolute atomic E-state index is 13.9. The Bertz CT molecular complexity index is 1510. The van der Waals surface area contributed by atoms with Crippen LogP contribution in [0.15, 0.2) is 65.5 Å². The Morgan fingerprint density at radius 1 is 1.06 bits per heavy atom. The number of hydrogen-bond acceptors (Lipinski definition) is 5. The van der Waals surface area contributed by atoms with E-state index in [-0.39, 0.29) is 23.2 Å². The van der Waals surface area contributed by atoms with Crippen LogP contribution in [0.4, 0.5) is 14.7 Å². The largest absolute Gasteiger partial charge is 0.497 e. The van der Waals surface area contributed by atoms with E-state index in [0.29, 0.717) is 28.3 Å².